The number of aromatic nitrogens is 3. The van der Waals surface area contributed by atoms with Gasteiger partial charge in [-0.1, -0.05) is 11.3 Å². The van der Waals surface area contributed by atoms with Crippen LogP contribution in [0, 0.1) is 11.8 Å². The molecule has 4 heterocycles. The molecule has 1 amide bonds. The third-order valence-corrected chi connectivity index (χ3v) is 5.25. The fourth-order valence-electron chi connectivity index (χ4n) is 4.03. The molecule has 1 aromatic heterocycles. The number of amides is 1. The Bertz CT molecular complexity index is 587. The van der Waals surface area contributed by atoms with E-state index in [0.29, 0.717) is 25.1 Å². The molecular weight excluding hydrogens is 306 g/mol. The Morgan fingerprint density at radius 3 is 3.08 bits per heavy atom. The van der Waals surface area contributed by atoms with Crippen LogP contribution in [0.5, 0.6) is 0 Å². The Hall–Kier alpha value is -1.73. The normalized spacial score (nSPS) is 28.8. The van der Waals surface area contributed by atoms with Gasteiger partial charge in [0.2, 0.25) is 5.91 Å². The summed E-state index contributed by atoms with van der Waals surface area (Å²) in [6.07, 6.45) is 5.90. The van der Waals surface area contributed by atoms with E-state index < -0.39 is 0 Å². The van der Waals surface area contributed by atoms with Crippen molar-refractivity contribution in [3.63, 3.8) is 0 Å². The lowest BCUT2D eigenvalue weighted by Crippen LogP contribution is -2.58. The zero-order chi connectivity index (χ0) is 17.1. The number of hydrogen-bond donors (Lipinski definition) is 0. The summed E-state index contributed by atoms with van der Waals surface area (Å²) in [6.45, 7) is 7.59. The third-order valence-electron chi connectivity index (χ3n) is 5.25. The average Bonchev–Trinajstić information content (AvgIpc) is 3.02. The lowest BCUT2D eigenvalue weighted by Gasteiger charge is -2.49. The van der Waals surface area contributed by atoms with Crippen LogP contribution >= 0.6 is 0 Å². The lowest BCUT2D eigenvalue weighted by atomic mass is 9.75. The van der Waals surface area contributed by atoms with Crippen LogP contribution in [0.25, 0.3) is 0 Å². The minimum atomic E-state index is 0.125. The molecule has 0 spiro atoms. The highest BCUT2D eigenvalue weighted by Crippen LogP contribution is 2.37. The second-order valence-electron chi connectivity index (χ2n) is 6.91. The number of ether oxygens (including phenoxy) is 1. The second kappa shape index (κ2) is 7.44. The highest BCUT2D eigenvalue weighted by Gasteiger charge is 2.43. The summed E-state index contributed by atoms with van der Waals surface area (Å²) in [5, 5.41) is 8.31. The van der Waals surface area contributed by atoms with Gasteiger partial charge in [-0.2, -0.15) is 0 Å². The van der Waals surface area contributed by atoms with Crippen molar-refractivity contribution in [2.24, 2.45) is 11.8 Å². The zero-order valence-electron chi connectivity index (χ0n) is 14.6. The number of nitrogens with zero attached hydrogens (tertiary/aromatic N) is 5. The molecule has 2 bridgehead atoms. The summed E-state index contributed by atoms with van der Waals surface area (Å²) in [6, 6.07) is 0.439. The van der Waals surface area contributed by atoms with E-state index >= 15 is 0 Å². The first kappa shape index (κ1) is 17.1. The number of carbonyl (C=O) groups excluding carboxylic acids is 1. The molecule has 4 rings (SSSR count). The van der Waals surface area contributed by atoms with Crippen molar-refractivity contribution in [3.05, 3.63) is 24.5 Å². The molecule has 0 aromatic carbocycles. The number of likely N-dealkylation sites (N-methyl/N-ethyl adjacent to an activating group) is 1. The molecule has 4 atom stereocenters. The topological polar surface area (TPSA) is 63.5 Å². The van der Waals surface area contributed by atoms with E-state index in [-0.39, 0.29) is 11.8 Å². The zero-order valence-corrected chi connectivity index (χ0v) is 14.6. The molecule has 7 heteroatoms. The van der Waals surface area contributed by atoms with Crippen LogP contribution in [0.4, 0.5) is 0 Å². The van der Waals surface area contributed by atoms with Crippen LogP contribution in [0.2, 0.25) is 0 Å². The van der Waals surface area contributed by atoms with Gasteiger partial charge >= 0.3 is 0 Å². The quantitative estimate of drug-likeness (QED) is 0.690. The largest absolute Gasteiger partial charge is 0.378 e. The van der Waals surface area contributed by atoms with E-state index in [1.165, 1.54) is 0 Å². The Morgan fingerprint density at radius 2 is 2.42 bits per heavy atom. The highest BCUT2D eigenvalue weighted by atomic mass is 16.5. The van der Waals surface area contributed by atoms with Crippen molar-refractivity contribution in [2.75, 3.05) is 33.8 Å². The monoisotopic (exact) mass is 333 g/mol. The van der Waals surface area contributed by atoms with Gasteiger partial charge in [-0.25, -0.2) is 0 Å². The van der Waals surface area contributed by atoms with Gasteiger partial charge < -0.3 is 9.64 Å². The van der Waals surface area contributed by atoms with E-state index in [9.17, 15) is 4.79 Å². The molecule has 0 aliphatic carbocycles. The molecule has 1 aromatic rings. The van der Waals surface area contributed by atoms with E-state index in [1.807, 2.05) is 17.9 Å². The Kier molecular flexibility index (Phi) is 5.30. The van der Waals surface area contributed by atoms with Crippen molar-refractivity contribution < 1.29 is 9.53 Å². The van der Waals surface area contributed by atoms with Crippen molar-refractivity contribution in [2.45, 2.75) is 32.0 Å². The number of rotatable bonds is 7. The molecule has 0 N–H and O–H groups in total. The molecule has 7 nitrogen and oxygen atoms in total. The van der Waals surface area contributed by atoms with Gasteiger partial charge in [-0.15, -0.1) is 11.7 Å². The maximum Gasteiger partial charge on any atom is 0.227 e. The van der Waals surface area contributed by atoms with Gasteiger partial charge in [0.1, 0.15) is 5.69 Å². The van der Waals surface area contributed by atoms with Gasteiger partial charge in [-0.05, 0) is 25.3 Å². The van der Waals surface area contributed by atoms with E-state index in [4.69, 9.17) is 4.74 Å². The van der Waals surface area contributed by atoms with Gasteiger partial charge in [0, 0.05) is 33.3 Å². The molecule has 0 saturated carbocycles. The van der Waals surface area contributed by atoms with E-state index in [2.05, 4.69) is 21.8 Å². The predicted octanol–water partition coefficient (Wildman–Crippen LogP) is 0.779. The molecule has 3 fully saturated rings. The van der Waals surface area contributed by atoms with Crippen molar-refractivity contribution in [3.8, 4) is 0 Å². The molecule has 3 saturated heterocycles. The average molecular weight is 333 g/mol. The van der Waals surface area contributed by atoms with Crippen LogP contribution in [0.3, 0.4) is 0 Å². The minimum Gasteiger partial charge on any atom is -0.378 e. The maximum atomic E-state index is 12.6. The summed E-state index contributed by atoms with van der Waals surface area (Å²) in [5.74, 6) is 0.854. The Labute approximate surface area is 143 Å². The summed E-state index contributed by atoms with van der Waals surface area (Å²) in [7, 11) is 3.52. The SMILES string of the molecule is C=CCN(C)C(=O)[C@@H]1CN2CC[C@H]1C[C@@H]2Cn1cc(COC)nn1. The first-order chi connectivity index (χ1) is 11.6. The maximum absolute atomic E-state index is 12.6. The minimum absolute atomic E-state index is 0.125. The summed E-state index contributed by atoms with van der Waals surface area (Å²) >= 11 is 0. The third kappa shape index (κ3) is 3.52. The van der Waals surface area contributed by atoms with Crippen LogP contribution in [0.1, 0.15) is 18.5 Å². The molecule has 24 heavy (non-hydrogen) atoms. The van der Waals surface area contributed by atoms with Crippen LogP contribution in [-0.4, -0.2) is 70.5 Å². The first-order valence-electron chi connectivity index (χ1n) is 8.60. The Morgan fingerprint density at radius 1 is 1.58 bits per heavy atom. The summed E-state index contributed by atoms with van der Waals surface area (Å²) in [4.78, 5) is 16.9. The van der Waals surface area contributed by atoms with E-state index in [0.717, 1.165) is 38.2 Å². The van der Waals surface area contributed by atoms with Crippen molar-refractivity contribution in [1.29, 1.82) is 0 Å². The molecule has 3 aliphatic rings. The summed E-state index contributed by atoms with van der Waals surface area (Å²) in [5.41, 5.74) is 0.854. The summed E-state index contributed by atoms with van der Waals surface area (Å²) < 4.78 is 6.99. The highest BCUT2D eigenvalue weighted by molar-refractivity contribution is 5.79. The first-order valence-corrected chi connectivity index (χ1v) is 8.60. The predicted molar refractivity (Wildman–Crippen MR) is 90.1 cm³/mol. The molecule has 132 valence electrons. The van der Waals surface area contributed by atoms with Crippen LogP contribution < -0.4 is 0 Å². The van der Waals surface area contributed by atoms with E-state index in [1.54, 1.807) is 18.1 Å². The number of carbonyl (C=O) groups is 1. The number of piperidine rings is 3. The van der Waals surface area contributed by atoms with Crippen LogP contribution in [-0.2, 0) is 22.7 Å². The van der Waals surface area contributed by atoms with Crippen molar-refractivity contribution >= 4 is 5.91 Å². The molecule has 1 unspecified atom stereocenters. The number of fused-ring (bicyclic) bond motifs is 3. The second-order valence-corrected chi connectivity index (χ2v) is 6.91. The van der Waals surface area contributed by atoms with Gasteiger partial charge in [-0.3, -0.25) is 14.4 Å². The number of hydrogen-bond acceptors (Lipinski definition) is 5. The molecule has 3 aliphatic heterocycles. The fourth-order valence-corrected chi connectivity index (χ4v) is 4.03. The number of methoxy groups -OCH3 is 1. The smallest absolute Gasteiger partial charge is 0.227 e. The van der Waals surface area contributed by atoms with Crippen LogP contribution in [0.15, 0.2) is 18.9 Å². The molecule has 0 radical (unpaired) electrons. The molecular formula is C17H27N5O2. The standard InChI is InChI=1S/C17H27N5O2/c1-4-6-20(2)17(23)16-11-21-7-5-13(16)8-15(21)10-22-9-14(12-24-3)18-19-22/h4,9,13,15-16H,1,5-8,10-12H2,2-3H3/t13-,15+,16+/m0/s1. The van der Waals surface area contributed by atoms with Gasteiger partial charge in [0.15, 0.2) is 0 Å². The van der Waals surface area contributed by atoms with Gasteiger partial charge in [0.05, 0.1) is 25.3 Å². The fraction of sp³-hybridized carbons (Fsp3) is 0.706. The van der Waals surface area contributed by atoms with Gasteiger partial charge in [0.25, 0.3) is 0 Å². The lowest BCUT2D eigenvalue weighted by molar-refractivity contribution is -0.142. The van der Waals surface area contributed by atoms with Crippen molar-refractivity contribution in [1.82, 2.24) is 24.8 Å². The Balaban J connectivity index is 1.60.